The van der Waals surface area contributed by atoms with Gasteiger partial charge in [-0.3, -0.25) is 4.79 Å². The van der Waals surface area contributed by atoms with Gasteiger partial charge in [0.05, 0.1) is 23.5 Å². The molecule has 1 atom stereocenters. The fourth-order valence-corrected chi connectivity index (χ4v) is 4.21. The van der Waals surface area contributed by atoms with Crippen molar-refractivity contribution in [2.45, 2.75) is 24.8 Å². The van der Waals surface area contributed by atoms with Gasteiger partial charge in [-0.2, -0.15) is 0 Å². The van der Waals surface area contributed by atoms with Gasteiger partial charge in [0, 0.05) is 29.7 Å². The summed E-state index contributed by atoms with van der Waals surface area (Å²) in [6, 6.07) is 9.90. The lowest BCUT2D eigenvalue weighted by Gasteiger charge is -2.22. The molecule has 2 heterocycles. The normalized spacial score (nSPS) is 14.7. The maximum atomic E-state index is 15.1. The highest BCUT2D eigenvalue weighted by Crippen LogP contribution is 2.30. The smallest absolute Gasteiger partial charge is 0.404 e. The molecule has 5 N–H and O–H groups in total. The minimum Gasteiger partial charge on any atom is -0.447 e. The van der Waals surface area contributed by atoms with E-state index in [1.165, 1.54) is 12.1 Å². The molecule has 0 aliphatic carbocycles. The topological polar surface area (TPSA) is 142 Å². The SMILES string of the molecule is NC(=O)OCC(NC(=O)c1ccc(-c2nc(C3CCOCC3)cnc2N)cc1F)c1cccc(Cl)c1. The van der Waals surface area contributed by atoms with Gasteiger partial charge in [-0.05, 0) is 42.7 Å². The molecule has 3 aromatic rings. The van der Waals surface area contributed by atoms with Crippen LogP contribution in [0.15, 0.2) is 48.7 Å². The number of amides is 2. The third kappa shape index (κ3) is 6.07. The number of aromatic nitrogens is 2. The summed E-state index contributed by atoms with van der Waals surface area (Å²) in [4.78, 5) is 32.9. The first-order valence-electron chi connectivity index (χ1n) is 11.3. The molecule has 1 fully saturated rings. The molecule has 1 aliphatic rings. The molecular formula is C25H25ClFN5O4. The van der Waals surface area contributed by atoms with E-state index in [0.29, 0.717) is 35.1 Å². The summed E-state index contributed by atoms with van der Waals surface area (Å²) < 4.78 is 25.4. The number of ether oxygens (including phenoxy) is 2. The van der Waals surface area contributed by atoms with Crippen molar-refractivity contribution in [1.29, 1.82) is 0 Å². The molecular weight excluding hydrogens is 489 g/mol. The molecule has 11 heteroatoms. The number of nitrogen functional groups attached to an aromatic ring is 1. The van der Waals surface area contributed by atoms with Crippen LogP contribution in [0.1, 0.15) is 46.4 Å². The van der Waals surface area contributed by atoms with Crippen LogP contribution in [0.4, 0.5) is 15.0 Å². The van der Waals surface area contributed by atoms with Gasteiger partial charge in [-0.15, -0.1) is 0 Å². The standard InChI is InChI=1S/C25H25ClFN5O4/c26-17-3-1-2-15(10-17)21(13-36-25(29)34)32-24(33)18-5-4-16(11-19(18)27)22-23(28)30-12-20(31-22)14-6-8-35-9-7-14/h1-5,10-12,14,21H,6-9,13H2,(H2,28,30)(H2,29,34)(H,32,33). The second-order valence-corrected chi connectivity index (χ2v) is 8.76. The summed E-state index contributed by atoms with van der Waals surface area (Å²) >= 11 is 6.05. The molecule has 36 heavy (non-hydrogen) atoms. The Bertz CT molecular complexity index is 1270. The number of hydrogen-bond acceptors (Lipinski definition) is 7. The van der Waals surface area contributed by atoms with E-state index in [0.717, 1.165) is 18.5 Å². The number of nitrogens with zero attached hydrogens (tertiary/aromatic N) is 2. The highest BCUT2D eigenvalue weighted by atomic mass is 35.5. The highest BCUT2D eigenvalue weighted by Gasteiger charge is 2.22. The van der Waals surface area contributed by atoms with Crippen molar-refractivity contribution in [3.63, 3.8) is 0 Å². The van der Waals surface area contributed by atoms with Crippen molar-refractivity contribution in [1.82, 2.24) is 15.3 Å². The molecule has 1 saturated heterocycles. The Kier molecular flexibility index (Phi) is 7.97. The molecule has 1 unspecified atom stereocenters. The molecule has 188 valence electrons. The van der Waals surface area contributed by atoms with Crippen molar-refractivity contribution in [2.75, 3.05) is 25.6 Å². The zero-order valence-corrected chi connectivity index (χ0v) is 20.0. The van der Waals surface area contributed by atoms with E-state index >= 15 is 4.39 Å². The van der Waals surface area contributed by atoms with Gasteiger partial charge in [-0.1, -0.05) is 29.8 Å². The lowest BCUT2D eigenvalue weighted by molar-refractivity contribution is 0.0844. The Morgan fingerprint density at radius 3 is 2.69 bits per heavy atom. The molecule has 2 amide bonds. The largest absolute Gasteiger partial charge is 0.447 e. The van der Waals surface area contributed by atoms with Crippen LogP contribution in [0.2, 0.25) is 5.02 Å². The number of nitrogens with two attached hydrogens (primary N) is 2. The third-order valence-corrected chi connectivity index (χ3v) is 6.13. The highest BCUT2D eigenvalue weighted by molar-refractivity contribution is 6.30. The maximum absolute atomic E-state index is 15.1. The molecule has 0 spiro atoms. The third-order valence-electron chi connectivity index (χ3n) is 5.89. The number of benzene rings is 2. The monoisotopic (exact) mass is 513 g/mol. The number of nitrogens with one attached hydrogen (secondary N) is 1. The fraction of sp³-hybridized carbons (Fsp3) is 0.280. The lowest BCUT2D eigenvalue weighted by Crippen LogP contribution is -2.33. The van der Waals surface area contributed by atoms with Crippen LogP contribution in [-0.4, -0.2) is 41.8 Å². The molecule has 1 aliphatic heterocycles. The Balaban J connectivity index is 1.56. The Morgan fingerprint density at radius 2 is 2.00 bits per heavy atom. The minimum absolute atomic E-state index is 0.159. The average Bonchev–Trinajstić information content (AvgIpc) is 2.87. The minimum atomic E-state index is -1.01. The van der Waals surface area contributed by atoms with E-state index in [1.807, 2.05) is 0 Å². The summed E-state index contributed by atoms with van der Waals surface area (Å²) in [5, 5.41) is 3.08. The molecule has 4 rings (SSSR count). The zero-order valence-electron chi connectivity index (χ0n) is 19.2. The fourth-order valence-electron chi connectivity index (χ4n) is 4.01. The number of anilines is 1. The maximum Gasteiger partial charge on any atom is 0.404 e. The van der Waals surface area contributed by atoms with Crippen LogP contribution < -0.4 is 16.8 Å². The van der Waals surface area contributed by atoms with Crippen molar-refractivity contribution in [3.8, 4) is 11.3 Å². The predicted molar refractivity (Wildman–Crippen MR) is 132 cm³/mol. The van der Waals surface area contributed by atoms with E-state index in [9.17, 15) is 9.59 Å². The summed E-state index contributed by atoms with van der Waals surface area (Å²) in [6.45, 7) is 1.03. The zero-order chi connectivity index (χ0) is 25.7. The molecule has 1 aromatic heterocycles. The quantitative estimate of drug-likeness (QED) is 0.433. The molecule has 0 radical (unpaired) electrons. The van der Waals surface area contributed by atoms with Gasteiger partial charge in [0.15, 0.2) is 0 Å². The van der Waals surface area contributed by atoms with Crippen LogP contribution >= 0.6 is 11.6 Å². The van der Waals surface area contributed by atoms with Gasteiger partial charge in [0.2, 0.25) is 0 Å². The van der Waals surface area contributed by atoms with Crippen molar-refractivity contribution < 1.29 is 23.5 Å². The number of halogens is 2. The van der Waals surface area contributed by atoms with E-state index in [4.69, 9.17) is 32.5 Å². The van der Waals surface area contributed by atoms with E-state index < -0.39 is 23.9 Å². The molecule has 9 nitrogen and oxygen atoms in total. The van der Waals surface area contributed by atoms with Gasteiger partial charge < -0.3 is 26.3 Å². The Morgan fingerprint density at radius 1 is 1.22 bits per heavy atom. The number of carbonyl (C=O) groups is 2. The number of rotatable bonds is 7. The first kappa shape index (κ1) is 25.3. The summed E-state index contributed by atoms with van der Waals surface area (Å²) in [5.74, 6) is -1.14. The predicted octanol–water partition coefficient (Wildman–Crippen LogP) is 3.98. The second kappa shape index (κ2) is 11.3. The summed E-state index contributed by atoms with van der Waals surface area (Å²) in [5.41, 5.74) is 13.0. The van der Waals surface area contributed by atoms with Crippen LogP contribution in [-0.2, 0) is 9.47 Å². The van der Waals surface area contributed by atoms with E-state index in [-0.39, 0.29) is 23.9 Å². The van der Waals surface area contributed by atoms with Crippen LogP contribution in [0.3, 0.4) is 0 Å². The first-order chi connectivity index (χ1) is 17.3. The Hall–Kier alpha value is -3.76. The molecule has 2 aromatic carbocycles. The lowest BCUT2D eigenvalue weighted by atomic mass is 9.96. The second-order valence-electron chi connectivity index (χ2n) is 8.32. The Labute approximate surface area is 212 Å². The van der Waals surface area contributed by atoms with Crippen LogP contribution in [0.5, 0.6) is 0 Å². The average molecular weight is 514 g/mol. The van der Waals surface area contributed by atoms with Gasteiger partial charge in [-0.25, -0.2) is 19.2 Å². The van der Waals surface area contributed by atoms with Gasteiger partial charge in [0.1, 0.15) is 23.9 Å². The first-order valence-corrected chi connectivity index (χ1v) is 11.7. The van der Waals surface area contributed by atoms with E-state index in [1.54, 1.807) is 36.5 Å². The van der Waals surface area contributed by atoms with Crippen molar-refractivity contribution in [3.05, 3.63) is 76.3 Å². The van der Waals surface area contributed by atoms with Crippen molar-refractivity contribution >= 4 is 29.4 Å². The number of carbonyl (C=O) groups excluding carboxylic acids is 2. The van der Waals surface area contributed by atoms with Gasteiger partial charge in [0.25, 0.3) is 5.91 Å². The van der Waals surface area contributed by atoms with Crippen LogP contribution in [0.25, 0.3) is 11.3 Å². The number of primary amides is 1. The van der Waals surface area contributed by atoms with Crippen molar-refractivity contribution in [2.24, 2.45) is 5.73 Å². The van der Waals surface area contributed by atoms with Crippen LogP contribution in [0, 0.1) is 5.82 Å². The molecule has 0 saturated carbocycles. The van der Waals surface area contributed by atoms with Gasteiger partial charge >= 0.3 is 6.09 Å². The summed E-state index contributed by atoms with van der Waals surface area (Å²) in [7, 11) is 0. The molecule has 0 bridgehead atoms. The number of hydrogen-bond donors (Lipinski definition) is 3. The summed E-state index contributed by atoms with van der Waals surface area (Å²) in [6.07, 6.45) is 2.27. The van der Waals surface area contributed by atoms with E-state index in [2.05, 4.69) is 15.3 Å².